The van der Waals surface area contributed by atoms with E-state index in [1.807, 2.05) is 19.3 Å². The second-order valence-corrected chi connectivity index (χ2v) is 4.68. The van der Waals surface area contributed by atoms with Crippen molar-refractivity contribution in [1.29, 1.82) is 0 Å². The summed E-state index contributed by atoms with van der Waals surface area (Å²) in [5.41, 5.74) is 3.41. The lowest BCUT2D eigenvalue weighted by atomic mass is 10.0. The predicted octanol–water partition coefficient (Wildman–Crippen LogP) is 2.99. The van der Waals surface area contributed by atoms with Crippen molar-refractivity contribution in [2.24, 2.45) is 0 Å². The van der Waals surface area contributed by atoms with Crippen LogP contribution in [0.5, 0.6) is 0 Å². The number of nitrogens with one attached hydrogen (secondary N) is 1. The molecule has 0 unspecified atom stereocenters. The lowest BCUT2D eigenvalue weighted by molar-refractivity contribution is 0.787. The molecule has 0 fully saturated rings. The van der Waals surface area contributed by atoms with Crippen LogP contribution in [-0.2, 0) is 6.54 Å². The highest BCUT2D eigenvalue weighted by atomic mass is 14.9. The van der Waals surface area contributed by atoms with Crippen LogP contribution in [0.4, 0.5) is 0 Å². The summed E-state index contributed by atoms with van der Waals surface area (Å²) in [4.78, 5) is 8.86. The molecular formula is C15H19N3. The van der Waals surface area contributed by atoms with Gasteiger partial charge in [0.05, 0.1) is 5.69 Å². The Kier molecular flexibility index (Phi) is 4.05. The van der Waals surface area contributed by atoms with Gasteiger partial charge in [0, 0.05) is 18.3 Å². The molecule has 0 spiro atoms. The molecule has 0 aliphatic heterocycles. The Balaban J connectivity index is 2.27. The summed E-state index contributed by atoms with van der Waals surface area (Å²) < 4.78 is 0. The number of benzene rings is 1. The largest absolute Gasteiger partial charge is 0.314 e. The van der Waals surface area contributed by atoms with Crippen molar-refractivity contribution in [1.82, 2.24) is 15.3 Å². The Morgan fingerprint density at radius 3 is 2.44 bits per heavy atom. The molecule has 0 aliphatic carbocycles. The molecule has 0 saturated heterocycles. The fourth-order valence-corrected chi connectivity index (χ4v) is 1.83. The number of rotatable bonds is 4. The average molecular weight is 241 g/mol. The van der Waals surface area contributed by atoms with Gasteiger partial charge in [-0.1, -0.05) is 38.1 Å². The first kappa shape index (κ1) is 12.7. The van der Waals surface area contributed by atoms with Crippen LogP contribution in [0, 0.1) is 0 Å². The molecule has 0 aliphatic rings. The molecule has 0 saturated carbocycles. The van der Waals surface area contributed by atoms with Crippen LogP contribution in [0.15, 0.2) is 36.5 Å². The maximum absolute atomic E-state index is 4.53. The van der Waals surface area contributed by atoms with Crippen molar-refractivity contribution in [2.75, 3.05) is 7.05 Å². The van der Waals surface area contributed by atoms with Gasteiger partial charge in [-0.25, -0.2) is 9.97 Å². The SMILES string of the molecule is CNCc1ccnc(-c2ccc(C(C)C)cc2)n1. The van der Waals surface area contributed by atoms with Crippen LogP contribution in [-0.4, -0.2) is 17.0 Å². The van der Waals surface area contributed by atoms with Crippen LogP contribution >= 0.6 is 0 Å². The third-order valence-corrected chi connectivity index (χ3v) is 2.91. The fourth-order valence-electron chi connectivity index (χ4n) is 1.83. The lowest BCUT2D eigenvalue weighted by Crippen LogP contribution is -2.07. The smallest absolute Gasteiger partial charge is 0.159 e. The minimum atomic E-state index is 0.551. The number of hydrogen-bond acceptors (Lipinski definition) is 3. The zero-order valence-corrected chi connectivity index (χ0v) is 11.1. The Morgan fingerprint density at radius 2 is 1.83 bits per heavy atom. The predicted molar refractivity (Wildman–Crippen MR) is 74.3 cm³/mol. The van der Waals surface area contributed by atoms with Crippen molar-refractivity contribution in [3.63, 3.8) is 0 Å². The second kappa shape index (κ2) is 5.74. The topological polar surface area (TPSA) is 37.8 Å². The molecule has 2 aromatic rings. The zero-order chi connectivity index (χ0) is 13.0. The summed E-state index contributed by atoms with van der Waals surface area (Å²) in [6, 6.07) is 10.4. The molecule has 18 heavy (non-hydrogen) atoms. The molecule has 0 radical (unpaired) electrons. The maximum atomic E-state index is 4.53. The molecule has 1 heterocycles. The quantitative estimate of drug-likeness (QED) is 0.894. The monoisotopic (exact) mass is 241 g/mol. The Hall–Kier alpha value is -1.74. The first-order valence-corrected chi connectivity index (χ1v) is 6.27. The van der Waals surface area contributed by atoms with Crippen LogP contribution in [0.25, 0.3) is 11.4 Å². The van der Waals surface area contributed by atoms with E-state index in [0.717, 1.165) is 23.6 Å². The van der Waals surface area contributed by atoms with E-state index in [-0.39, 0.29) is 0 Å². The van der Waals surface area contributed by atoms with Gasteiger partial charge in [-0.2, -0.15) is 0 Å². The highest BCUT2D eigenvalue weighted by Gasteiger charge is 2.04. The van der Waals surface area contributed by atoms with E-state index in [4.69, 9.17) is 0 Å². The molecule has 3 nitrogen and oxygen atoms in total. The highest BCUT2D eigenvalue weighted by molar-refractivity contribution is 5.55. The van der Waals surface area contributed by atoms with Crippen molar-refractivity contribution >= 4 is 0 Å². The third kappa shape index (κ3) is 2.93. The third-order valence-electron chi connectivity index (χ3n) is 2.91. The molecule has 0 bridgehead atoms. The maximum Gasteiger partial charge on any atom is 0.159 e. The van der Waals surface area contributed by atoms with E-state index in [2.05, 4.69) is 53.4 Å². The van der Waals surface area contributed by atoms with Gasteiger partial charge in [-0.05, 0) is 24.6 Å². The van der Waals surface area contributed by atoms with Crippen LogP contribution in [0.3, 0.4) is 0 Å². The van der Waals surface area contributed by atoms with Gasteiger partial charge in [0.2, 0.25) is 0 Å². The van der Waals surface area contributed by atoms with Gasteiger partial charge in [0.1, 0.15) is 0 Å². The molecule has 0 atom stereocenters. The normalized spacial score (nSPS) is 10.9. The summed E-state index contributed by atoms with van der Waals surface area (Å²) in [7, 11) is 1.92. The highest BCUT2D eigenvalue weighted by Crippen LogP contribution is 2.19. The summed E-state index contributed by atoms with van der Waals surface area (Å²) >= 11 is 0. The molecule has 1 N–H and O–H groups in total. The summed E-state index contributed by atoms with van der Waals surface area (Å²) in [5, 5.41) is 3.10. The van der Waals surface area contributed by atoms with Crippen LogP contribution in [0.1, 0.15) is 31.0 Å². The zero-order valence-electron chi connectivity index (χ0n) is 11.1. The molecular weight excluding hydrogens is 222 g/mol. The molecule has 0 amide bonds. The Morgan fingerprint density at radius 1 is 1.11 bits per heavy atom. The summed E-state index contributed by atoms with van der Waals surface area (Å²) in [6.45, 7) is 5.15. The molecule has 1 aromatic heterocycles. The van der Waals surface area contributed by atoms with Gasteiger partial charge >= 0.3 is 0 Å². The number of hydrogen-bond donors (Lipinski definition) is 1. The van der Waals surface area contributed by atoms with E-state index < -0.39 is 0 Å². The van der Waals surface area contributed by atoms with E-state index in [0.29, 0.717) is 5.92 Å². The van der Waals surface area contributed by atoms with Gasteiger partial charge < -0.3 is 5.32 Å². The minimum absolute atomic E-state index is 0.551. The molecule has 1 aromatic carbocycles. The van der Waals surface area contributed by atoms with Crippen molar-refractivity contribution in [3.8, 4) is 11.4 Å². The first-order chi connectivity index (χ1) is 8.70. The Bertz CT molecular complexity index is 503. The summed E-state index contributed by atoms with van der Waals surface area (Å²) in [5.74, 6) is 1.34. The number of aromatic nitrogens is 2. The molecule has 94 valence electrons. The fraction of sp³-hybridized carbons (Fsp3) is 0.333. The van der Waals surface area contributed by atoms with E-state index in [1.165, 1.54) is 5.56 Å². The Labute approximate surface area is 108 Å². The standard InChI is InChI=1S/C15H19N3/c1-11(2)12-4-6-13(7-5-12)15-17-9-8-14(18-15)10-16-3/h4-9,11,16H,10H2,1-3H3. The van der Waals surface area contributed by atoms with Crippen molar-refractivity contribution < 1.29 is 0 Å². The second-order valence-electron chi connectivity index (χ2n) is 4.68. The van der Waals surface area contributed by atoms with E-state index >= 15 is 0 Å². The van der Waals surface area contributed by atoms with Crippen LogP contribution in [0.2, 0.25) is 0 Å². The average Bonchev–Trinajstić information content (AvgIpc) is 2.39. The number of nitrogens with zero attached hydrogens (tertiary/aromatic N) is 2. The minimum Gasteiger partial charge on any atom is -0.314 e. The van der Waals surface area contributed by atoms with Crippen LogP contribution < -0.4 is 5.32 Å². The van der Waals surface area contributed by atoms with Gasteiger partial charge in [-0.15, -0.1) is 0 Å². The van der Waals surface area contributed by atoms with Gasteiger partial charge in [0.15, 0.2) is 5.82 Å². The summed E-state index contributed by atoms with van der Waals surface area (Å²) in [6.07, 6.45) is 1.81. The van der Waals surface area contributed by atoms with E-state index in [1.54, 1.807) is 0 Å². The first-order valence-electron chi connectivity index (χ1n) is 6.27. The van der Waals surface area contributed by atoms with Gasteiger partial charge in [0.25, 0.3) is 0 Å². The molecule has 3 heteroatoms. The van der Waals surface area contributed by atoms with Gasteiger partial charge in [-0.3, -0.25) is 0 Å². The van der Waals surface area contributed by atoms with E-state index in [9.17, 15) is 0 Å². The van der Waals surface area contributed by atoms with Crippen molar-refractivity contribution in [3.05, 3.63) is 47.8 Å². The van der Waals surface area contributed by atoms with Crippen molar-refractivity contribution in [2.45, 2.75) is 26.3 Å². The molecule has 2 rings (SSSR count). The lowest BCUT2D eigenvalue weighted by Gasteiger charge is -2.07.